The number of furan rings is 2. The molecule has 4 nitrogen and oxygen atoms in total. The normalized spacial score (nSPS) is 11.5. The Bertz CT molecular complexity index is 2870. The number of fused-ring (bicyclic) bond motifs is 6. The fourth-order valence-corrected chi connectivity index (χ4v) is 7.33. The Kier molecular flexibility index (Phi) is 6.78. The van der Waals surface area contributed by atoms with E-state index >= 15 is 0 Å². The number of hydrogen-bond acceptors (Lipinski definition) is 4. The Morgan fingerprint density at radius 2 is 0.961 bits per heavy atom. The summed E-state index contributed by atoms with van der Waals surface area (Å²) in [5, 5.41) is 4.41. The van der Waals surface area contributed by atoms with Crippen molar-refractivity contribution >= 4 is 60.9 Å². The molecule has 0 atom stereocenters. The van der Waals surface area contributed by atoms with E-state index in [4.69, 9.17) is 13.8 Å². The number of aromatic nitrogens is 1. The lowest BCUT2D eigenvalue weighted by Crippen LogP contribution is -2.10. The molecule has 3 heterocycles. The van der Waals surface area contributed by atoms with E-state index in [-0.39, 0.29) is 0 Å². The van der Waals surface area contributed by atoms with Crippen molar-refractivity contribution in [3.8, 4) is 33.4 Å². The third-order valence-electron chi connectivity index (χ3n) is 9.73. The van der Waals surface area contributed by atoms with E-state index in [0.29, 0.717) is 0 Å². The lowest BCUT2D eigenvalue weighted by atomic mass is 9.97. The molecule has 0 aliphatic rings. The Balaban J connectivity index is 1.06. The summed E-state index contributed by atoms with van der Waals surface area (Å²) in [5.74, 6) is 0. The first-order valence-electron chi connectivity index (χ1n) is 17.1. The van der Waals surface area contributed by atoms with Crippen LogP contribution in [0.1, 0.15) is 0 Å². The predicted molar refractivity (Wildman–Crippen MR) is 210 cm³/mol. The van der Waals surface area contributed by atoms with Gasteiger partial charge in [-0.2, -0.15) is 0 Å². The van der Waals surface area contributed by atoms with Gasteiger partial charge >= 0.3 is 0 Å². The van der Waals surface area contributed by atoms with Gasteiger partial charge in [0, 0.05) is 44.7 Å². The Morgan fingerprint density at radius 1 is 0.353 bits per heavy atom. The Morgan fingerprint density at radius 3 is 1.86 bits per heavy atom. The largest absolute Gasteiger partial charge is 0.456 e. The van der Waals surface area contributed by atoms with Crippen molar-refractivity contribution < 1.29 is 8.83 Å². The minimum atomic E-state index is 0.834. The van der Waals surface area contributed by atoms with Gasteiger partial charge < -0.3 is 13.7 Å². The van der Waals surface area contributed by atoms with E-state index in [1.165, 1.54) is 5.56 Å². The number of anilines is 3. The van der Waals surface area contributed by atoms with Crippen LogP contribution in [-0.2, 0) is 0 Å². The van der Waals surface area contributed by atoms with Gasteiger partial charge in [0.2, 0.25) is 0 Å². The first kappa shape index (κ1) is 29.0. The van der Waals surface area contributed by atoms with Crippen LogP contribution in [0.4, 0.5) is 17.1 Å². The summed E-state index contributed by atoms with van der Waals surface area (Å²) in [6, 6.07) is 59.2. The van der Waals surface area contributed by atoms with Gasteiger partial charge in [0.1, 0.15) is 22.3 Å². The maximum atomic E-state index is 6.53. The molecule has 0 bridgehead atoms. The molecule has 4 heteroatoms. The fraction of sp³-hybridized carbons (Fsp3) is 0. The summed E-state index contributed by atoms with van der Waals surface area (Å²) in [4.78, 5) is 7.01. The minimum Gasteiger partial charge on any atom is -0.456 e. The van der Waals surface area contributed by atoms with E-state index in [0.717, 1.165) is 88.8 Å². The number of rotatable bonds is 6. The number of nitrogens with zero attached hydrogens (tertiary/aromatic N) is 2. The summed E-state index contributed by atoms with van der Waals surface area (Å²) in [7, 11) is 0. The van der Waals surface area contributed by atoms with Gasteiger partial charge in [-0.05, 0) is 94.5 Å². The molecular formula is C47H30N2O2. The molecule has 51 heavy (non-hydrogen) atoms. The Hall–Kier alpha value is -6.91. The van der Waals surface area contributed by atoms with Crippen molar-refractivity contribution in [3.05, 3.63) is 182 Å². The lowest BCUT2D eigenvalue weighted by molar-refractivity contribution is 0.668. The molecule has 10 rings (SSSR count). The molecule has 7 aromatic carbocycles. The van der Waals surface area contributed by atoms with Crippen molar-refractivity contribution in [2.75, 3.05) is 4.90 Å². The highest BCUT2D eigenvalue weighted by Crippen LogP contribution is 2.41. The predicted octanol–water partition coefficient (Wildman–Crippen LogP) is 13.4. The maximum Gasteiger partial charge on any atom is 0.136 e. The molecular weight excluding hydrogens is 625 g/mol. The first-order valence-corrected chi connectivity index (χ1v) is 17.1. The monoisotopic (exact) mass is 654 g/mol. The first-order chi connectivity index (χ1) is 25.3. The smallest absolute Gasteiger partial charge is 0.136 e. The number of para-hydroxylation sites is 2. The fourth-order valence-electron chi connectivity index (χ4n) is 7.33. The van der Waals surface area contributed by atoms with Crippen LogP contribution < -0.4 is 4.90 Å². The van der Waals surface area contributed by atoms with Crippen molar-refractivity contribution in [1.29, 1.82) is 0 Å². The summed E-state index contributed by atoms with van der Waals surface area (Å²) in [6.07, 6.45) is 3.85. The average Bonchev–Trinajstić information content (AvgIpc) is 3.77. The van der Waals surface area contributed by atoms with Gasteiger partial charge in [-0.3, -0.25) is 4.98 Å². The highest BCUT2D eigenvalue weighted by atomic mass is 16.3. The van der Waals surface area contributed by atoms with Crippen LogP contribution in [0.2, 0.25) is 0 Å². The highest BCUT2D eigenvalue weighted by Gasteiger charge is 2.18. The van der Waals surface area contributed by atoms with Crippen LogP contribution in [0.5, 0.6) is 0 Å². The van der Waals surface area contributed by atoms with Crippen LogP contribution in [0.25, 0.3) is 77.3 Å². The molecule has 0 N–H and O–H groups in total. The number of pyridine rings is 1. The molecule has 3 aromatic heterocycles. The van der Waals surface area contributed by atoms with E-state index in [9.17, 15) is 0 Å². The van der Waals surface area contributed by atoms with Crippen molar-refractivity contribution in [2.45, 2.75) is 0 Å². The van der Waals surface area contributed by atoms with Gasteiger partial charge in [0.25, 0.3) is 0 Å². The molecule has 0 aliphatic carbocycles. The maximum absolute atomic E-state index is 6.53. The van der Waals surface area contributed by atoms with Crippen molar-refractivity contribution in [3.63, 3.8) is 0 Å². The van der Waals surface area contributed by atoms with Gasteiger partial charge in [-0.15, -0.1) is 0 Å². The topological polar surface area (TPSA) is 42.4 Å². The van der Waals surface area contributed by atoms with E-state index in [1.807, 2.05) is 48.8 Å². The van der Waals surface area contributed by atoms with Gasteiger partial charge in [-0.1, -0.05) is 103 Å². The van der Waals surface area contributed by atoms with E-state index in [2.05, 4.69) is 138 Å². The minimum absolute atomic E-state index is 0.834. The van der Waals surface area contributed by atoms with Crippen molar-refractivity contribution in [1.82, 2.24) is 4.98 Å². The number of benzene rings is 7. The molecule has 10 aromatic rings. The molecule has 0 amide bonds. The van der Waals surface area contributed by atoms with Crippen LogP contribution in [-0.4, -0.2) is 4.98 Å². The molecule has 0 unspecified atom stereocenters. The van der Waals surface area contributed by atoms with E-state index in [1.54, 1.807) is 0 Å². The van der Waals surface area contributed by atoms with Crippen LogP contribution in [0.3, 0.4) is 0 Å². The molecule has 0 aliphatic heterocycles. The third kappa shape index (κ3) is 5.04. The number of hydrogen-bond donors (Lipinski definition) is 0. The standard InChI is InChI=1S/C47H30N2O2/c1-3-11-31(12-4-1)32-13-9-16-37(25-32)49(36-14-5-2-6-15-36)38-26-35(29-48-30-38)33-21-24-42-46(27-33)51-44-20-10-18-39(47(42)44)34-22-23-41-40-17-7-8-19-43(40)50-45(41)28-34/h1-30H. The van der Waals surface area contributed by atoms with Gasteiger partial charge in [0.05, 0.1) is 11.9 Å². The summed E-state index contributed by atoms with van der Waals surface area (Å²) in [5.41, 5.74) is 13.1. The molecule has 0 saturated carbocycles. The second-order valence-electron chi connectivity index (χ2n) is 12.8. The van der Waals surface area contributed by atoms with Gasteiger partial charge in [0.15, 0.2) is 0 Å². The molecule has 0 radical (unpaired) electrons. The zero-order valence-corrected chi connectivity index (χ0v) is 27.5. The SMILES string of the molecule is c1ccc(-c2cccc(N(c3ccccc3)c3cncc(-c4ccc5c(c4)oc4cccc(-c6ccc7c(c6)oc6ccccc67)c45)c3)c2)cc1. The molecule has 0 fully saturated rings. The molecule has 0 spiro atoms. The quantitative estimate of drug-likeness (QED) is 0.179. The lowest BCUT2D eigenvalue weighted by Gasteiger charge is -2.26. The molecule has 240 valence electrons. The third-order valence-corrected chi connectivity index (χ3v) is 9.73. The average molecular weight is 655 g/mol. The van der Waals surface area contributed by atoms with E-state index < -0.39 is 0 Å². The summed E-state index contributed by atoms with van der Waals surface area (Å²) >= 11 is 0. The molecule has 0 saturated heterocycles. The highest BCUT2D eigenvalue weighted by molar-refractivity contribution is 6.14. The Labute approximate surface area is 294 Å². The van der Waals surface area contributed by atoms with Gasteiger partial charge in [-0.25, -0.2) is 0 Å². The second-order valence-corrected chi connectivity index (χ2v) is 12.8. The second kappa shape index (κ2) is 11.9. The van der Waals surface area contributed by atoms with Crippen LogP contribution in [0, 0.1) is 0 Å². The van der Waals surface area contributed by atoms with Crippen LogP contribution >= 0.6 is 0 Å². The zero-order valence-electron chi connectivity index (χ0n) is 27.5. The summed E-state index contributed by atoms with van der Waals surface area (Å²) in [6.45, 7) is 0. The zero-order chi connectivity index (χ0) is 33.7. The van der Waals surface area contributed by atoms with Crippen molar-refractivity contribution in [2.24, 2.45) is 0 Å². The summed E-state index contributed by atoms with van der Waals surface area (Å²) < 4.78 is 12.8. The van der Waals surface area contributed by atoms with Crippen LogP contribution in [0.15, 0.2) is 191 Å².